The minimum absolute atomic E-state index is 0.122. The average Bonchev–Trinajstić information content (AvgIpc) is 3.35. The summed E-state index contributed by atoms with van der Waals surface area (Å²) in [5, 5.41) is 0. The molecule has 0 heterocycles. The smallest absolute Gasteiger partial charge is 0.306 e. The number of carbonyl (C=O) groups is 3. The second-order valence-electron chi connectivity index (χ2n) is 18.1. The molecule has 0 aromatic rings. The van der Waals surface area contributed by atoms with E-state index in [1.54, 1.807) is 0 Å². The zero-order valence-corrected chi connectivity index (χ0v) is 44.5. The third kappa shape index (κ3) is 54.6. The van der Waals surface area contributed by atoms with E-state index >= 15 is 0 Å². The quantitative estimate of drug-likeness (QED) is 0.0262. The van der Waals surface area contributed by atoms with Gasteiger partial charge in [-0.15, -0.1) is 0 Å². The summed E-state index contributed by atoms with van der Waals surface area (Å²) in [6.45, 7) is 6.38. The Morgan fingerprint density at radius 2 is 0.594 bits per heavy atom. The Balaban J connectivity index is 4.57. The van der Waals surface area contributed by atoms with Crippen molar-refractivity contribution >= 4 is 17.9 Å². The summed E-state index contributed by atoms with van der Waals surface area (Å²) in [5.74, 6) is -1.06. The van der Waals surface area contributed by atoms with Crippen molar-refractivity contribution in [1.82, 2.24) is 0 Å². The van der Waals surface area contributed by atoms with Crippen LogP contribution in [0.5, 0.6) is 0 Å². The van der Waals surface area contributed by atoms with E-state index in [-0.39, 0.29) is 44.0 Å². The van der Waals surface area contributed by atoms with Gasteiger partial charge < -0.3 is 14.2 Å². The van der Waals surface area contributed by atoms with Crippen molar-refractivity contribution in [3.8, 4) is 0 Å². The van der Waals surface area contributed by atoms with Gasteiger partial charge in [-0.2, -0.15) is 0 Å². The Morgan fingerprint density at radius 3 is 1.04 bits per heavy atom. The number of ether oxygens (including phenoxy) is 3. The average molecular weight is 956 g/mol. The highest BCUT2D eigenvalue weighted by Gasteiger charge is 2.19. The first-order valence-electron chi connectivity index (χ1n) is 28.0. The van der Waals surface area contributed by atoms with E-state index in [1.807, 2.05) is 12.2 Å². The molecule has 6 nitrogen and oxygen atoms in total. The van der Waals surface area contributed by atoms with Crippen LogP contribution in [0.4, 0.5) is 0 Å². The zero-order chi connectivity index (χ0) is 50.0. The summed E-state index contributed by atoms with van der Waals surface area (Å²) in [4.78, 5) is 38.1. The molecule has 0 aromatic heterocycles. The van der Waals surface area contributed by atoms with Crippen molar-refractivity contribution in [1.29, 1.82) is 0 Å². The predicted molar refractivity (Wildman–Crippen MR) is 297 cm³/mol. The van der Waals surface area contributed by atoms with Crippen LogP contribution in [0.1, 0.15) is 239 Å². The molecule has 0 rings (SSSR count). The number of hydrogen-bond acceptors (Lipinski definition) is 6. The van der Waals surface area contributed by atoms with Gasteiger partial charge in [0.15, 0.2) is 6.10 Å². The molecular weight excluding hydrogens is 853 g/mol. The third-order valence-corrected chi connectivity index (χ3v) is 11.4. The normalized spacial score (nSPS) is 13.0. The molecular formula is C63H102O6. The molecule has 0 bridgehead atoms. The minimum atomic E-state index is -0.834. The second-order valence-corrected chi connectivity index (χ2v) is 18.1. The lowest BCUT2D eigenvalue weighted by molar-refractivity contribution is -0.166. The molecule has 0 fully saturated rings. The summed E-state index contributed by atoms with van der Waals surface area (Å²) in [6.07, 6.45) is 77.7. The fraction of sp³-hybridized carbons (Fsp3) is 0.635. The summed E-state index contributed by atoms with van der Waals surface area (Å²) >= 11 is 0. The molecule has 0 aliphatic rings. The molecule has 0 saturated heterocycles. The van der Waals surface area contributed by atoms with E-state index in [0.717, 1.165) is 83.5 Å². The van der Waals surface area contributed by atoms with Gasteiger partial charge in [0.1, 0.15) is 13.2 Å². The summed E-state index contributed by atoms with van der Waals surface area (Å²) in [5.41, 5.74) is 0. The van der Waals surface area contributed by atoms with Crippen molar-refractivity contribution in [2.75, 3.05) is 13.2 Å². The zero-order valence-electron chi connectivity index (χ0n) is 44.5. The van der Waals surface area contributed by atoms with E-state index in [0.29, 0.717) is 19.3 Å². The molecule has 1 atom stereocenters. The maximum absolute atomic E-state index is 12.8. The lowest BCUT2D eigenvalue weighted by atomic mass is 10.1. The standard InChI is InChI=1S/C63H102O6/c1-4-7-10-13-16-19-22-25-28-30-31-33-36-38-41-44-47-50-53-56-62(65)68-59-60(69-63(66)57-54-51-48-45-42-39-34-27-24-21-18-15-12-9-6-3)58-67-61(64)55-52-49-46-43-40-37-35-32-29-26-23-20-17-14-11-8-5-2/h7,10,16,18-19,21,25-29,31,33-34,38,41-42,45,47,50,60H,4-6,8-9,11-15,17,20,22-24,30,32,35-37,39-40,43-44,46,48-49,51-59H2,1-3H3/b10-7-,19-16-,21-18-,28-25-,29-26-,33-31-,34-27-,41-38-,45-42-,50-47-/t60-/m0/s1. The molecule has 0 amide bonds. The van der Waals surface area contributed by atoms with Gasteiger partial charge in [0.25, 0.3) is 0 Å². The Hall–Kier alpha value is -4.19. The van der Waals surface area contributed by atoms with Crippen LogP contribution in [0.2, 0.25) is 0 Å². The van der Waals surface area contributed by atoms with Crippen LogP contribution in [0.3, 0.4) is 0 Å². The van der Waals surface area contributed by atoms with E-state index in [1.165, 1.54) is 103 Å². The molecule has 0 aliphatic carbocycles. The number of unbranched alkanes of at least 4 members (excludes halogenated alkanes) is 18. The third-order valence-electron chi connectivity index (χ3n) is 11.4. The number of rotatable bonds is 49. The maximum atomic E-state index is 12.8. The van der Waals surface area contributed by atoms with E-state index < -0.39 is 6.10 Å². The number of carbonyl (C=O) groups excluding carboxylic acids is 3. The lowest BCUT2D eigenvalue weighted by Gasteiger charge is -2.18. The first kappa shape index (κ1) is 64.8. The highest BCUT2D eigenvalue weighted by Crippen LogP contribution is 2.13. The second kappa shape index (κ2) is 56.4. The largest absolute Gasteiger partial charge is 0.462 e. The fourth-order valence-corrected chi connectivity index (χ4v) is 7.23. The van der Waals surface area contributed by atoms with Crippen molar-refractivity contribution in [3.63, 3.8) is 0 Å². The van der Waals surface area contributed by atoms with Crippen molar-refractivity contribution in [2.24, 2.45) is 0 Å². The minimum Gasteiger partial charge on any atom is -0.462 e. The molecule has 6 heteroatoms. The van der Waals surface area contributed by atoms with Crippen LogP contribution in [0.15, 0.2) is 122 Å². The number of allylic oxidation sites excluding steroid dienone is 20. The van der Waals surface area contributed by atoms with Gasteiger partial charge >= 0.3 is 17.9 Å². The summed E-state index contributed by atoms with van der Waals surface area (Å²) < 4.78 is 16.7. The molecule has 0 saturated carbocycles. The molecule has 0 radical (unpaired) electrons. The van der Waals surface area contributed by atoms with Crippen LogP contribution in [0.25, 0.3) is 0 Å². The lowest BCUT2D eigenvalue weighted by Crippen LogP contribution is -2.30. The first-order valence-corrected chi connectivity index (χ1v) is 28.0. The molecule has 0 spiro atoms. The van der Waals surface area contributed by atoms with E-state index in [4.69, 9.17) is 14.2 Å². The van der Waals surface area contributed by atoms with Gasteiger partial charge in [-0.25, -0.2) is 0 Å². The predicted octanol–water partition coefficient (Wildman–Crippen LogP) is 18.9. The van der Waals surface area contributed by atoms with Crippen LogP contribution in [0, 0.1) is 0 Å². The maximum Gasteiger partial charge on any atom is 0.306 e. The Morgan fingerprint density at radius 1 is 0.304 bits per heavy atom. The first-order chi connectivity index (χ1) is 34.0. The highest BCUT2D eigenvalue weighted by molar-refractivity contribution is 5.71. The fourth-order valence-electron chi connectivity index (χ4n) is 7.23. The van der Waals surface area contributed by atoms with Gasteiger partial charge in [-0.3, -0.25) is 14.4 Å². The Labute approximate surface area is 424 Å². The van der Waals surface area contributed by atoms with Crippen molar-refractivity contribution in [2.45, 2.75) is 245 Å². The Kier molecular flexibility index (Phi) is 53.0. The molecule has 0 aromatic carbocycles. The highest BCUT2D eigenvalue weighted by atomic mass is 16.6. The SMILES string of the molecule is CC/C=C\C/C=C\C/C=C\C/C=C\C/C=C\C/C=C\CCC(=O)OC[C@H](COC(=O)CCCCCCCCC/C=C\CCCCCCCC)OC(=O)CCCC/C=C\C/C=C\C/C=C\CCCCC. The number of hydrogen-bond donors (Lipinski definition) is 0. The van der Waals surface area contributed by atoms with E-state index in [9.17, 15) is 14.4 Å². The van der Waals surface area contributed by atoms with Gasteiger partial charge in [0.05, 0.1) is 0 Å². The van der Waals surface area contributed by atoms with Crippen molar-refractivity contribution < 1.29 is 28.6 Å². The van der Waals surface area contributed by atoms with Gasteiger partial charge in [-0.1, -0.05) is 219 Å². The van der Waals surface area contributed by atoms with E-state index in [2.05, 4.69) is 130 Å². The Bertz CT molecular complexity index is 1470. The topological polar surface area (TPSA) is 78.9 Å². The van der Waals surface area contributed by atoms with Crippen LogP contribution < -0.4 is 0 Å². The summed E-state index contributed by atoms with van der Waals surface area (Å²) in [7, 11) is 0. The van der Waals surface area contributed by atoms with Gasteiger partial charge in [-0.05, 0) is 122 Å². The number of esters is 3. The van der Waals surface area contributed by atoms with Gasteiger partial charge in [0.2, 0.25) is 0 Å². The molecule has 0 aliphatic heterocycles. The molecule has 0 unspecified atom stereocenters. The molecule has 69 heavy (non-hydrogen) atoms. The van der Waals surface area contributed by atoms with Crippen LogP contribution in [-0.2, 0) is 28.6 Å². The van der Waals surface area contributed by atoms with Crippen molar-refractivity contribution in [3.05, 3.63) is 122 Å². The summed E-state index contributed by atoms with van der Waals surface area (Å²) in [6, 6.07) is 0. The van der Waals surface area contributed by atoms with Gasteiger partial charge in [0, 0.05) is 19.3 Å². The monoisotopic (exact) mass is 955 g/mol. The van der Waals surface area contributed by atoms with Crippen LogP contribution in [-0.4, -0.2) is 37.2 Å². The molecule has 0 N–H and O–H groups in total. The van der Waals surface area contributed by atoms with Crippen LogP contribution >= 0.6 is 0 Å². The molecule has 390 valence electrons.